The molecule has 1 aliphatic carbocycles. The van der Waals surface area contributed by atoms with E-state index in [9.17, 15) is 22.4 Å². The van der Waals surface area contributed by atoms with Crippen LogP contribution in [0.3, 0.4) is 0 Å². The number of rotatable bonds is 6. The van der Waals surface area contributed by atoms with Gasteiger partial charge in [0, 0.05) is 18.0 Å². The quantitative estimate of drug-likeness (QED) is 0.521. The molecule has 1 fully saturated rings. The molecule has 8 nitrogen and oxygen atoms in total. The molecule has 0 radical (unpaired) electrons. The van der Waals surface area contributed by atoms with Crippen LogP contribution in [0.1, 0.15) is 44.2 Å². The number of H-pyrrole nitrogens is 1. The average molecular weight is 462 g/mol. The van der Waals surface area contributed by atoms with Gasteiger partial charge in [-0.3, -0.25) is 9.78 Å². The molecule has 0 unspecified atom stereocenters. The summed E-state index contributed by atoms with van der Waals surface area (Å²) < 4.78 is 46.2. The number of fused-ring (bicyclic) bond motifs is 1. The van der Waals surface area contributed by atoms with Crippen molar-refractivity contribution in [1.29, 1.82) is 0 Å². The number of sulfonamides is 1. The second kappa shape index (κ2) is 8.87. The van der Waals surface area contributed by atoms with Gasteiger partial charge in [-0.05, 0) is 62.4 Å². The maximum atomic E-state index is 13.1. The average Bonchev–Trinajstić information content (AvgIpc) is 3.13. The van der Waals surface area contributed by atoms with Crippen molar-refractivity contribution in [3.8, 4) is 0 Å². The Morgan fingerprint density at radius 2 is 1.81 bits per heavy atom. The fourth-order valence-corrected chi connectivity index (χ4v) is 5.34. The minimum atomic E-state index is -3.80. The standard InChI is InChI=1S/C22H24FN3O5S/c1-13(14-2-6-16(23)7-3-14)24-21(27)15-4-8-17(9-5-15)26-32(29,30)18-10-11-19-20(12-18)31-22(28)25-19/h2-3,6-7,10-13,15,17,26H,4-5,8-9H2,1H3,(H,24,27)(H,25,28)/t13-,15-,17-/m1/s1. The predicted molar refractivity (Wildman–Crippen MR) is 116 cm³/mol. The number of benzene rings is 2. The number of oxazole rings is 1. The molecule has 3 aromatic rings. The first-order valence-electron chi connectivity index (χ1n) is 10.4. The van der Waals surface area contributed by atoms with Crippen LogP contribution >= 0.6 is 0 Å². The number of aromatic nitrogens is 1. The molecule has 170 valence electrons. The van der Waals surface area contributed by atoms with E-state index < -0.39 is 15.8 Å². The van der Waals surface area contributed by atoms with Crippen molar-refractivity contribution in [2.75, 3.05) is 0 Å². The molecule has 32 heavy (non-hydrogen) atoms. The van der Waals surface area contributed by atoms with Crippen molar-refractivity contribution in [2.24, 2.45) is 5.92 Å². The monoisotopic (exact) mass is 461 g/mol. The van der Waals surface area contributed by atoms with Crippen molar-refractivity contribution >= 4 is 27.0 Å². The van der Waals surface area contributed by atoms with E-state index in [1.54, 1.807) is 12.1 Å². The van der Waals surface area contributed by atoms with Gasteiger partial charge in [-0.15, -0.1) is 0 Å². The number of halogens is 1. The van der Waals surface area contributed by atoms with Crippen molar-refractivity contribution in [1.82, 2.24) is 15.0 Å². The molecule has 1 heterocycles. The summed E-state index contributed by atoms with van der Waals surface area (Å²) in [7, 11) is -3.80. The molecule has 1 aromatic heterocycles. The van der Waals surface area contributed by atoms with Crippen LogP contribution in [0, 0.1) is 11.7 Å². The summed E-state index contributed by atoms with van der Waals surface area (Å²) in [5, 5.41) is 2.95. The third kappa shape index (κ3) is 4.91. The van der Waals surface area contributed by atoms with Crippen LogP contribution in [-0.2, 0) is 14.8 Å². The predicted octanol–water partition coefficient (Wildman–Crippen LogP) is 2.97. The number of hydrogen-bond donors (Lipinski definition) is 3. The van der Waals surface area contributed by atoms with Gasteiger partial charge in [0.1, 0.15) is 5.82 Å². The summed E-state index contributed by atoms with van der Waals surface area (Å²) in [4.78, 5) is 26.4. The van der Waals surface area contributed by atoms with Crippen LogP contribution < -0.4 is 15.8 Å². The van der Waals surface area contributed by atoms with Crippen molar-refractivity contribution in [3.05, 3.63) is 64.4 Å². The molecule has 3 N–H and O–H groups in total. The van der Waals surface area contributed by atoms with E-state index >= 15 is 0 Å². The summed E-state index contributed by atoms with van der Waals surface area (Å²) in [6.07, 6.45) is 2.18. The van der Waals surface area contributed by atoms with E-state index in [-0.39, 0.29) is 40.2 Å². The number of nitrogens with one attached hydrogen (secondary N) is 3. The fourth-order valence-electron chi connectivity index (χ4n) is 4.02. The number of aromatic amines is 1. The van der Waals surface area contributed by atoms with Crippen molar-refractivity contribution < 1.29 is 22.0 Å². The summed E-state index contributed by atoms with van der Waals surface area (Å²) >= 11 is 0. The molecule has 0 bridgehead atoms. The van der Waals surface area contributed by atoms with Crippen molar-refractivity contribution in [2.45, 2.75) is 49.6 Å². The molecule has 1 atom stereocenters. The molecule has 1 aliphatic rings. The first kappa shape index (κ1) is 22.2. The van der Waals surface area contributed by atoms with Crippen molar-refractivity contribution in [3.63, 3.8) is 0 Å². The van der Waals surface area contributed by atoms with Gasteiger partial charge in [0.05, 0.1) is 16.5 Å². The van der Waals surface area contributed by atoms with Crippen LogP contribution in [-0.4, -0.2) is 25.4 Å². The molecule has 1 amide bonds. The van der Waals surface area contributed by atoms with Gasteiger partial charge in [0.2, 0.25) is 15.9 Å². The van der Waals surface area contributed by atoms with Crippen LogP contribution in [0.25, 0.3) is 11.1 Å². The molecule has 2 aromatic carbocycles. The SMILES string of the molecule is C[C@@H](NC(=O)[C@H]1CC[C@H](NS(=O)(=O)c2ccc3[nH]c(=O)oc3c2)CC1)c1ccc(F)cc1. The Kier molecular flexibility index (Phi) is 6.16. The zero-order valence-corrected chi connectivity index (χ0v) is 18.2. The highest BCUT2D eigenvalue weighted by Crippen LogP contribution is 2.27. The zero-order valence-electron chi connectivity index (χ0n) is 17.4. The summed E-state index contributed by atoms with van der Waals surface area (Å²) in [6, 6.07) is 9.67. The fraction of sp³-hybridized carbons (Fsp3) is 0.364. The number of hydrogen-bond acceptors (Lipinski definition) is 5. The Morgan fingerprint density at radius 3 is 2.50 bits per heavy atom. The highest BCUT2D eigenvalue weighted by Gasteiger charge is 2.30. The smallest absolute Gasteiger partial charge is 0.408 e. The van der Waals surface area contributed by atoms with Crippen LogP contribution in [0.5, 0.6) is 0 Å². The molecule has 0 spiro atoms. The minimum absolute atomic E-state index is 0.0146. The number of amides is 1. The molecule has 0 saturated heterocycles. The first-order chi connectivity index (χ1) is 15.2. The summed E-state index contributed by atoms with van der Waals surface area (Å²) in [6.45, 7) is 1.84. The third-order valence-corrected chi connectivity index (χ3v) is 7.37. The molecule has 0 aliphatic heterocycles. The van der Waals surface area contributed by atoms with Crippen LogP contribution in [0.15, 0.2) is 56.6 Å². The van der Waals surface area contributed by atoms with E-state index in [0.29, 0.717) is 31.2 Å². The topological polar surface area (TPSA) is 121 Å². The Balaban J connectivity index is 1.33. The molecule has 1 saturated carbocycles. The highest BCUT2D eigenvalue weighted by molar-refractivity contribution is 7.89. The van der Waals surface area contributed by atoms with E-state index in [0.717, 1.165) is 5.56 Å². The molecule has 4 rings (SSSR count). The maximum Gasteiger partial charge on any atom is 0.417 e. The van der Waals surface area contributed by atoms with E-state index in [1.807, 2.05) is 6.92 Å². The van der Waals surface area contributed by atoms with Crippen LogP contribution in [0.4, 0.5) is 4.39 Å². The Bertz CT molecular complexity index is 1270. The van der Waals surface area contributed by atoms with E-state index in [1.165, 1.54) is 30.3 Å². The molecular formula is C22H24FN3O5S. The highest BCUT2D eigenvalue weighted by atomic mass is 32.2. The maximum absolute atomic E-state index is 13.1. The van der Waals surface area contributed by atoms with Crippen LogP contribution in [0.2, 0.25) is 0 Å². The van der Waals surface area contributed by atoms with Gasteiger partial charge in [0.25, 0.3) is 0 Å². The van der Waals surface area contributed by atoms with Gasteiger partial charge < -0.3 is 9.73 Å². The van der Waals surface area contributed by atoms with Gasteiger partial charge >= 0.3 is 5.76 Å². The first-order valence-corrected chi connectivity index (χ1v) is 11.9. The molecule has 10 heteroatoms. The minimum Gasteiger partial charge on any atom is -0.408 e. The zero-order chi connectivity index (χ0) is 22.9. The number of carbonyl (C=O) groups excluding carboxylic acids is 1. The second-order valence-corrected chi connectivity index (χ2v) is 9.84. The Hall–Kier alpha value is -2.98. The van der Waals surface area contributed by atoms with Gasteiger partial charge in [-0.2, -0.15) is 0 Å². The Morgan fingerprint density at radius 1 is 1.12 bits per heavy atom. The lowest BCUT2D eigenvalue weighted by Gasteiger charge is -2.29. The normalized spacial score (nSPS) is 20.2. The lowest BCUT2D eigenvalue weighted by Crippen LogP contribution is -2.41. The largest absolute Gasteiger partial charge is 0.417 e. The summed E-state index contributed by atoms with van der Waals surface area (Å²) in [5.74, 6) is -1.27. The van der Waals surface area contributed by atoms with Gasteiger partial charge in [-0.25, -0.2) is 22.3 Å². The summed E-state index contributed by atoms with van der Waals surface area (Å²) in [5.41, 5.74) is 1.42. The van der Waals surface area contributed by atoms with Gasteiger partial charge in [-0.1, -0.05) is 12.1 Å². The third-order valence-electron chi connectivity index (χ3n) is 5.85. The molecular weight excluding hydrogens is 437 g/mol. The number of carbonyl (C=O) groups is 1. The van der Waals surface area contributed by atoms with E-state index in [2.05, 4.69) is 15.0 Å². The lowest BCUT2D eigenvalue weighted by molar-refractivity contribution is -0.126. The lowest BCUT2D eigenvalue weighted by atomic mass is 9.85. The van der Waals surface area contributed by atoms with Gasteiger partial charge in [0.15, 0.2) is 5.58 Å². The Labute approximate surface area is 184 Å². The second-order valence-electron chi connectivity index (χ2n) is 8.12. The van der Waals surface area contributed by atoms with E-state index in [4.69, 9.17) is 4.42 Å².